The van der Waals surface area contributed by atoms with Gasteiger partial charge in [0.2, 0.25) is 11.8 Å². The van der Waals surface area contributed by atoms with Crippen LogP contribution in [-0.2, 0) is 19.6 Å². The largest absolute Gasteiger partial charge is 0.333 e. The van der Waals surface area contributed by atoms with Crippen LogP contribution in [0.15, 0.2) is 53.4 Å². The van der Waals surface area contributed by atoms with E-state index in [9.17, 15) is 22.4 Å². The molecule has 0 unspecified atom stereocenters. The number of nitrogens with zero attached hydrogens (tertiary/aromatic N) is 1. The molecule has 0 bridgehead atoms. The minimum absolute atomic E-state index is 0.00220. The van der Waals surface area contributed by atoms with Crippen LogP contribution in [0.25, 0.3) is 0 Å². The SMILES string of the molecule is O=C(CN1CCCC1=O)Nc1ccc(NS(=O)(=O)c2ccc(F)cc2)cc1. The standard InChI is InChI=1S/C18H18FN3O4S/c19-13-3-9-16(10-4-13)27(25,26)21-15-7-5-14(6-8-15)20-17(23)12-22-11-1-2-18(22)24/h3-10,21H,1-2,11-12H2,(H,20,23). The Labute approximate surface area is 156 Å². The maximum Gasteiger partial charge on any atom is 0.261 e. The van der Waals surface area contributed by atoms with Gasteiger partial charge in [0.05, 0.1) is 11.4 Å². The lowest BCUT2D eigenvalue weighted by atomic mass is 10.3. The third-order valence-electron chi connectivity index (χ3n) is 4.05. The molecule has 1 saturated heterocycles. The molecule has 0 spiro atoms. The van der Waals surface area contributed by atoms with E-state index in [2.05, 4.69) is 10.0 Å². The number of rotatable bonds is 6. The summed E-state index contributed by atoms with van der Waals surface area (Å²) < 4.78 is 39.8. The summed E-state index contributed by atoms with van der Waals surface area (Å²) in [4.78, 5) is 25.0. The summed E-state index contributed by atoms with van der Waals surface area (Å²) >= 11 is 0. The van der Waals surface area contributed by atoms with E-state index in [4.69, 9.17) is 0 Å². The third kappa shape index (κ3) is 4.82. The van der Waals surface area contributed by atoms with Crippen molar-refractivity contribution in [1.82, 2.24) is 4.90 Å². The summed E-state index contributed by atoms with van der Waals surface area (Å²) in [7, 11) is -3.84. The molecule has 1 aliphatic heterocycles. The van der Waals surface area contributed by atoms with Gasteiger partial charge in [-0.1, -0.05) is 0 Å². The highest BCUT2D eigenvalue weighted by Gasteiger charge is 2.22. The first kappa shape index (κ1) is 18.8. The van der Waals surface area contributed by atoms with Gasteiger partial charge in [0.15, 0.2) is 0 Å². The molecule has 2 aromatic carbocycles. The highest BCUT2D eigenvalue weighted by molar-refractivity contribution is 7.92. The molecule has 2 amide bonds. The Bertz CT molecular complexity index is 944. The number of nitrogens with one attached hydrogen (secondary N) is 2. The van der Waals surface area contributed by atoms with Gasteiger partial charge in [0.25, 0.3) is 10.0 Å². The maximum atomic E-state index is 12.9. The molecular weight excluding hydrogens is 373 g/mol. The van der Waals surface area contributed by atoms with Gasteiger partial charge in [0, 0.05) is 24.3 Å². The van der Waals surface area contributed by atoms with E-state index in [-0.39, 0.29) is 23.3 Å². The zero-order valence-electron chi connectivity index (χ0n) is 14.3. The second-order valence-corrected chi connectivity index (χ2v) is 7.79. The van der Waals surface area contributed by atoms with Crippen molar-refractivity contribution in [2.24, 2.45) is 0 Å². The van der Waals surface area contributed by atoms with E-state index in [0.717, 1.165) is 18.6 Å². The van der Waals surface area contributed by atoms with Crippen LogP contribution in [0.1, 0.15) is 12.8 Å². The van der Waals surface area contributed by atoms with Gasteiger partial charge in [-0.05, 0) is 55.0 Å². The first-order valence-electron chi connectivity index (χ1n) is 8.29. The molecule has 0 aromatic heterocycles. The van der Waals surface area contributed by atoms with E-state index in [1.165, 1.54) is 29.2 Å². The van der Waals surface area contributed by atoms with E-state index in [1.807, 2.05) is 0 Å². The summed E-state index contributed by atoms with van der Waals surface area (Å²) in [5, 5.41) is 2.67. The van der Waals surface area contributed by atoms with Crippen LogP contribution in [0.4, 0.5) is 15.8 Å². The molecule has 2 N–H and O–H groups in total. The number of carbonyl (C=O) groups is 2. The minimum Gasteiger partial charge on any atom is -0.333 e. The summed E-state index contributed by atoms with van der Waals surface area (Å²) in [5.74, 6) is -0.870. The lowest BCUT2D eigenvalue weighted by Crippen LogP contribution is -2.33. The van der Waals surface area contributed by atoms with Gasteiger partial charge in [-0.3, -0.25) is 14.3 Å². The van der Waals surface area contributed by atoms with Crippen molar-refractivity contribution in [3.8, 4) is 0 Å². The van der Waals surface area contributed by atoms with Crippen LogP contribution in [-0.4, -0.2) is 38.2 Å². The second kappa shape index (κ2) is 7.75. The summed E-state index contributed by atoms with van der Waals surface area (Å²) in [6.45, 7) is 0.578. The fourth-order valence-corrected chi connectivity index (χ4v) is 3.75. The van der Waals surface area contributed by atoms with Crippen LogP contribution in [0.5, 0.6) is 0 Å². The molecule has 27 heavy (non-hydrogen) atoms. The smallest absolute Gasteiger partial charge is 0.261 e. The lowest BCUT2D eigenvalue weighted by molar-refractivity contribution is -0.131. The van der Waals surface area contributed by atoms with Crippen molar-refractivity contribution in [3.05, 3.63) is 54.3 Å². The normalized spacial score (nSPS) is 14.3. The second-order valence-electron chi connectivity index (χ2n) is 6.10. The Hall–Kier alpha value is -2.94. The van der Waals surface area contributed by atoms with Gasteiger partial charge >= 0.3 is 0 Å². The quantitative estimate of drug-likeness (QED) is 0.789. The number of likely N-dealkylation sites (tertiary alicyclic amines) is 1. The number of hydrogen-bond acceptors (Lipinski definition) is 4. The zero-order valence-corrected chi connectivity index (χ0v) is 15.1. The monoisotopic (exact) mass is 391 g/mol. The van der Waals surface area contributed by atoms with Crippen LogP contribution >= 0.6 is 0 Å². The van der Waals surface area contributed by atoms with E-state index >= 15 is 0 Å². The fraction of sp³-hybridized carbons (Fsp3) is 0.222. The van der Waals surface area contributed by atoms with Gasteiger partial charge < -0.3 is 10.2 Å². The molecule has 0 saturated carbocycles. The summed E-state index contributed by atoms with van der Waals surface area (Å²) in [6.07, 6.45) is 1.23. The molecule has 0 radical (unpaired) electrons. The van der Waals surface area contributed by atoms with E-state index < -0.39 is 15.8 Å². The number of halogens is 1. The average Bonchev–Trinajstić information content (AvgIpc) is 3.01. The highest BCUT2D eigenvalue weighted by Crippen LogP contribution is 2.19. The number of benzene rings is 2. The molecule has 0 aliphatic carbocycles. The Morgan fingerprint density at radius 2 is 1.67 bits per heavy atom. The average molecular weight is 391 g/mol. The minimum atomic E-state index is -3.84. The molecule has 9 heteroatoms. The Balaban J connectivity index is 1.60. The zero-order chi connectivity index (χ0) is 19.4. The first-order valence-corrected chi connectivity index (χ1v) is 9.78. The molecule has 1 aliphatic rings. The number of amides is 2. The van der Waals surface area contributed by atoms with Gasteiger partial charge in [-0.25, -0.2) is 12.8 Å². The molecule has 1 heterocycles. The molecular formula is C18H18FN3O4S. The number of anilines is 2. The Morgan fingerprint density at radius 3 is 2.26 bits per heavy atom. The first-order chi connectivity index (χ1) is 12.8. The van der Waals surface area contributed by atoms with Crippen molar-refractivity contribution in [2.75, 3.05) is 23.1 Å². The van der Waals surface area contributed by atoms with Crippen molar-refractivity contribution < 1.29 is 22.4 Å². The molecule has 7 nitrogen and oxygen atoms in total. The van der Waals surface area contributed by atoms with Crippen molar-refractivity contribution in [3.63, 3.8) is 0 Å². The highest BCUT2D eigenvalue weighted by atomic mass is 32.2. The topological polar surface area (TPSA) is 95.6 Å². The molecule has 0 atom stereocenters. The predicted molar refractivity (Wildman–Crippen MR) is 98.1 cm³/mol. The molecule has 2 aromatic rings. The summed E-state index contributed by atoms with van der Waals surface area (Å²) in [6, 6.07) is 10.6. The van der Waals surface area contributed by atoms with Crippen molar-refractivity contribution >= 4 is 33.2 Å². The Kier molecular flexibility index (Phi) is 5.41. The molecule has 1 fully saturated rings. The van der Waals surface area contributed by atoms with Gasteiger partial charge in [-0.15, -0.1) is 0 Å². The number of hydrogen-bond donors (Lipinski definition) is 2. The van der Waals surface area contributed by atoms with Gasteiger partial charge in [-0.2, -0.15) is 0 Å². The van der Waals surface area contributed by atoms with E-state index in [0.29, 0.717) is 24.3 Å². The lowest BCUT2D eigenvalue weighted by Gasteiger charge is -2.15. The van der Waals surface area contributed by atoms with Crippen LogP contribution in [0, 0.1) is 5.82 Å². The van der Waals surface area contributed by atoms with Crippen LogP contribution in [0.3, 0.4) is 0 Å². The van der Waals surface area contributed by atoms with Crippen LogP contribution < -0.4 is 10.0 Å². The Morgan fingerprint density at radius 1 is 1.04 bits per heavy atom. The fourth-order valence-electron chi connectivity index (χ4n) is 2.69. The number of carbonyl (C=O) groups excluding carboxylic acids is 2. The number of sulfonamides is 1. The van der Waals surface area contributed by atoms with Gasteiger partial charge in [0.1, 0.15) is 5.82 Å². The van der Waals surface area contributed by atoms with Crippen molar-refractivity contribution in [1.29, 1.82) is 0 Å². The third-order valence-corrected chi connectivity index (χ3v) is 5.45. The van der Waals surface area contributed by atoms with Crippen LogP contribution in [0.2, 0.25) is 0 Å². The van der Waals surface area contributed by atoms with E-state index in [1.54, 1.807) is 12.1 Å². The predicted octanol–water partition coefficient (Wildman–Crippen LogP) is 2.19. The molecule has 142 valence electrons. The molecule has 3 rings (SSSR count). The summed E-state index contributed by atoms with van der Waals surface area (Å²) in [5.41, 5.74) is 0.781. The maximum absolute atomic E-state index is 12.9. The van der Waals surface area contributed by atoms with Crippen molar-refractivity contribution in [2.45, 2.75) is 17.7 Å².